The molecule has 0 saturated heterocycles. The maximum atomic E-state index is 11.3. The van der Waals surface area contributed by atoms with E-state index in [9.17, 15) is 8.78 Å². The molecular weight excluding hydrogens is 166 g/mol. The molecule has 0 saturated carbocycles. The normalized spacial score (nSPS) is 8.57. The molecule has 0 fully saturated rings. The van der Waals surface area contributed by atoms with E-state index >= 15 is 0 Å². The Balaban J connectivity index is 3.72. The van der Waals surface area contributed by atoms with Gasteiger partial charge in [0.2, 0.25) is 0 Å². The first-order valence-electron chi connectivity index (χ1n) is 1.88. The van der Waals surface area contributed by atoms with E-state index in [2.05, 4.69) is 15.9 Å². The molecule has 42 valence electrons. The first-order valence-corrected chi connectivity index (χ1v) is 2.67. The van der Waals surface area contributed by atoms with E-state index in [1.807, 2.05) is 0 Å². The van der Waals surface area contributed by atoms with Crippen molar-refractivity contribution in [1.29, 1.82) is 0 Å². The highest BCUT2D eigenvalue weighted by Crippen LogP contribution is 2.16. The van der Waals surface area contributed by atoms with Gasteiger partial charge in [0, 0.05) is 0 Å². The van der Waals surface area contributed by atoms with Gasteiger partial charge in [0.05, 0.1) is 4.48 Å². The lowest BCUT2D eigenvalue weighted by Crippen LogP contribution is -1.65. The zero-order chi connectivity index (χ0) is 5.86. The average Bonchev–Trinajstić information content (AvgIpc) is 1.65. The molecule has 0 aliphatic carbocycles. The van der Waals surface area contributed by atoms with Gasteiger partial charge < -0.3 is 0 Å². The summed E-state index contributed by atoms with van der Waals surface area (Å²) in [5.74, 6) is 0. The third-order valence-electron chi connectivity index (χ3n) is 0.515. The quantitative estimate of drug-likeness (QED) is 0.568. The van der Waals surface area contributed by atoms with Crippen LogP contribution < -0.4 is 0 Å². The highest BCUT2D eigenvalue weighted by atomic mass is 79.9. The highest BCUT2D eigenvalue weighted by molar-refractivity contribution is 9.11. The summed E-state index contributed by atoms with van der Waals surface area (Å²) in [5, 5.41) is 0. The third-order valence-corrected chi connectivity index (χ3v) is 1.38. The van der Waals surface area contributed by atoms with E-state index in [4.69, 9.17) is 0 Å². The van der Waals surface area contributed by atoms with Crippen LogP contribution in [-0.4, -0.2) is 0 Å². The van der Waals surface area contributed by atoms with Crippen LogP contribution in [0.3, 0.4) is 0 Å². The Kier molecular flexibility index (Phi) is 3.17. The molecule has 0 aromatic heterocycles. The van der Waals surface area contributed by atoms with Gasteiger partial charge in [-0.25, -0.2) is 0 Å². The Morgan fingerprint density at radius 1 is 1.57 bits per heavy atom. The molecule has 0 unspecified atom stereocenters. The van der Waals surface area contributed by atoms with Gasteiger partial charge in [-0.1, -0.05) is 6.92 Å². The average molecular weight is 171 g/mol. The van der Waals surface area contributed by atoms with Crippen molar-refractivity contribution in [2.75, 3.05) is 0 Å². The summed E-state index contributed by atoms with van der Waals surface area (Å²) in [6.07, 6.45) is -1.26. The summed E-state index contributed by atoms with van der Waals surface area (Å²) in [5.41, 5.74) is 0. The largest absolute Gasteiger partial charge is 0.280 e. The summed E-state index contributed by atoms with van der Waals surface area (Å²) in [4.78, 5) is 0. The first-order chi connectivity index (χ1) is 3.18. The molecule has 3 heteroatoms. The molecule has 0 radical (unpaired) electrons. The lowest BCUT2D eigenvalue weighted by molar-refractivity contribution is 0.416. The molecule has 0 aromatic rings. The van der Waals surface area contributed by atoms with Gasteiger partial charge in [0.15, 0.2) is 0 Å². The first kappa shape index (κ1) is 7.08. The Labute approximate surface area is 49.3 Å². The van der Waals surface area contributed by atoms with E-state index in [0.717, 1.165) is 0 Å². The molecule has 0 aliphatic heterocycles. The number of halogens is 3. The van der Waals surface area contributed by atoms with Crippen molar-refractivity contribution in [3.05, 3.63) is 10.6 Å². The van der Waals surface area contributed by atoms with Crippen molar-refractivity contribution in [1.82, 2.24) is 0 Å². The van der Waals surface area contributed by atoms with Gasteiger partial charge in [0.1, 0.15) is 0 Å². The second-order valence-corrected chi connectivity index (χ2v) is 1.98. The predicted octanol–water partition coefficient (Wildman–Crippen LogP) is 2.90. The number of hydrogen-bond acceptors (Lipinski definition) is 0. The van der Waals surface area contributed by atoms with Crippen molar-refractivity contribution < 1.29 is 8.78 Å². The summed E-state index contributed by atoms with van der Waals surface area (Å²) in [6.45, 7) is 1.66. The molecule has 0 bridgehead atoms. The van der Waals surface area contributed by atoms with Gasteiger partial charge in [-0.3, -0.25) is 0 Å². The van der Waals surface area contributed by atoms with Crippen LogP contribution in [0.25, 0.3) is 0 Å². The minimum absolute atomic E-state index is 0.00694. The van der Waals surface area contributed by atoms with Crippen molar-refractivity contribution in [2.24, 2.45) is 0 Å². The summed E-state index contributed by atoms with van der Waals surface area (Å²) < 4.78 is 22.5. The fourth-order valence-electron chi connectivity index (χ4n) is 0.134. The molecule has 0 spiro atoms. The second kappa shape index (κ2) is 3.13. The SMILES string of the molecule is CCC(Br)=C(F)F. The van der Waals surface area contributed by atoms with Crippen LogP contribution in [0.5, 0.6) is 0 Å². The van der Waals surface area contributed by atoms with Gasteiger partial charge in [-0.15, -0.1) is 0 Å². The Morgan fingerprint density at radius 2 is 2.00 bits per heavy atom. The Morgan fingerprint density at radius 3 is 2.00 bits per heavy atom. The van der Waals surface area contributed by atoms with E-state index in [1.54, 1.807) is 6.92 Å². The van der Waals surface area contributed by atoms with Crippen LogP contribution in [0.1, 0.15) is 13.3 Å². The van der Waals surface area contributed by atoms with E-state index in [0.29, 0.717) is 6.42 Å². The molecule has 0 rings (SSSR count). The molecule has 0 N–H and O–H groups in total. The van der Waals surface area contributed by atoms with Crippen LogP contribution >= 0.6 is 15.9 Å². The smallest absolute Gasteiger partial charge is 0.172 e. The Hall–Kier alpha value is 0.0800. The zero-order valence-corrected chi connectivity index (χ0v) is 5.43. The standard InChI is InChI=1S/C4H5BrF2/c1-2-3(5)4(6)7/h2H2,1H3. The van der Waals surface area contributed by atoms with E-state index in [1.165, 1.54) is 0 Å². The van der Waals surface area contributed by atoms with Gasteiger partial charge in [-0.05, 0) is 22.4 Å². The monoisotopic (exact) mass is 170 g/mol. The highest BCUT2D eigenvalue weighted by Gasteiger charge is 1.95. The second-order valence-electron chi connectivity index (χ2n) is 1.02. The Bertz CT molecular complexity index is 83.7. The molecule has 0 atom stereocenters. The van der Waals surface area contributed by atoms with Crippen molar-refractivity contribution in [2.45, 2.75) is 13.3 Å². The van der Waals surface area contributed by atoms with Gasteiger partial charge in [-0.2, -0.15) is 8.78 Å². The molecule has 0 nitrogen and oxygen atoms in total. The van der Waals surface area contributed by atoms with Gasteiger partial charge >= 0.3 is 0 Å². The molecular formula is C4H5BrF2. The topological polar surface area (TPSA) is 0 Å². The number of rotatable bonds is 1. The molecule has 0 heterocycles. The fourth-order valence-corrected chi connectivity index (χ4v) is 0.134. The molecule has 0 amide bonds. The minimum atomic E-state index is -1.62. The number of hydrogen-bond donors (Lipinski definition) is 0. The van der Waals surface area contributed by atoms with E-state index < -0.39 is 6.08 Å². The van der Waals surface area contributed by atoms with Crippen LogP contribution in [0.4, 0.5) is 8.78 Å². The van der Waals surface area contributed by atoms with Gasteiger partial charge in [0.25, 0.3) is 6.08 Å². The maximum absolute atomic E-state index is 11.3. The number of allylic oxidation sites excluding steroid dienone is 1. The summed E-state index contributed by atoms with van der Waals surface area (Å²) in [7, 11) is 0. The predicted molar refractivity (Wildman–Crippen MR) is 28.5 cm³/mol. The van der Waals surface area contributed by atoms with Crippen molar-refractivity contribution in [3.63, 3.8) is 0 Å². The lowest BCUT2D eigenvalue weighted by atomic mass is 10.5. The van der Waals surface area contributed by atoms with Crippen LogP contribution in [0, 0.1) is 0 Å². The molecule has 0 aromatic carbocycles. The summed E-state index contributed by atoms with van der Waals surface area (Å²) in [6, 6.07) is 0. The van der Waals surface area contributed by atoms with Crippen LogP contribution in [0.2, 0.25) is 0 Å². The zero-order valence-electron chi connectivity index (χ0n) is 3.84. The molecule has 7 heavy (non-hydrogen) atoms. The molecule has 0 aliphatic rings. The summed E-state index contributed by atoms with van der Waals surface area (Å²) >= 11 is 2.67. The minimum Gasteiger partial charge on any atom is -0.172 e. The maximum Gasteiger partial charge on any atom is 0.280 e. The van der Waals surface area contributed by atoms with Crippen LogP contribution in [-0.2, 0) is 0 Å². The van der Waals surface area contributed by atoms with Crippen LogP contribution in [0.15, 0.2) is 10.6 Å². The third kappa shape index (κ3) is 2.74. The van der Waals surface area contributed by atoms with Crippen molar-refractivity contribution >= 4 is 15.9 Å². The van der Waals surface area contributed by atoms with Crippen molar-refractivity contribution in [3.8, 4) is 0 Å². The fraction of sp³-hybridized carbons (Fsp3) is 0.500. The lowest BCUT2D eigenvalue weighted by Gasteiger charge is -1.84. The van der Waals surface area contributed by atoms with E-state index in [-0.39, 0.29) is 4.48 Å².